The summed E-state index contributed by atoms with van der Waals surface area (Å²) in [6.07, 6.45) is 1.82. The first kappa shape index (κ1) is 17.4. The molecule has 4 rings (SSSR count). The Kier molecular flexibility index (Phi) is 5.24. The molecule has 2 aliphatic heterocycles. The van der Waals surface area contributed by atoms with Crippen molar-refractivity contribution in [1.29, 1.82) is 0 Å². The lowest BCUT2D eigenvalue weighted by molar-refractivity contribution is 0.0977. The molecule has 0 spiro atoms. The highest BCUT2D eigenvalue weighted by atomic mass is 35.5. The summed E-state index contributed by atoms with van der Waals surface area (Å²) in [7, 11) is 0. The molecule has 24 heavy (non-hydrogen) atoms. The molecule has 2 aromatic rings. The van der Waals surface area contributed by atoms with E-state index in [1.807, 2.05) is 42.6 Å². The largest absolute Gasteiger partial charge is 0.314 e. The minimum absolute atomic E-state index is 0. The van der Waals surface area contributed by atoms with Crippen molar-refractivity contribution >= 4 is 46.8 Å². The van der Waals surface area contributed by atoms with Crippen molar-refractivity contribution in [3.8, 4) is 0 Å². The molecule has 1 fully saturated rings. The van der Waals surface area contributed by atoms with E-state index in [0.717, 1.165) is 18.8 Å². The van der Waals surface area contributed by atoms with Crippen molar-refractivity contribution in [2.75, 3.05) is 18.8 Å². The van der Waals surface area contributed by atoms with E-state index in [1.54, 1.807) is 11.8 Å². The van der Waals surface area contributed by atoms with Gasteiger partial charge in [-0.15, -0.1) is 12.4 Å². The van der Waals surface area contributed by atoms with Gasteiger partial charge in [-0.1, -0.05) is 30.0 Å². The average Bonchev–Trinajstić information content (AvgIpc) is 3.25. The van der Waals surface area contributed by atoms with Gasteiger partial charge in [0.25, 0.3) is 5.91 Å². The van der Waals surface area contributed by atoms with Gasteiger partial charge in [0.1, 0.15) is 5.54 Å². The van der Waals surface area contributed by atoms with Crippen molar-refractivity contribution in [2.45, 2.75) is 5.54 Å². The molecule has 3 heterocycles. The van der Waals surface area contributed by atoms with Gasteiger partial charge in [0.2, 0.25) is 0 Å². The van der Waals surface area contributed by atoms with Crippen molar-refractivity contribution in [3.05, 3.63) is 53.0 Å². The highest BCUT2D eigenvalue weighted by Crippen LogP contribution is 2.43. The molecule has 5 nitrogen and oxygen atoms in total. The maximum Gasteiger partial charge on any atom is 0.257 e. The lowest BCUT2D eigenvalue weighted by Crippen LogP contribution is -2.42. The number of aliphatic imine (C=N–C) groups is 1. The monoisotopic (exact) mass is 380 g/mol. The van der Waals surface area contributed by atoms with E-state index in [1.165, 1.54) is 16.4 Å². The molecule has 1 saturated heterocycles. The zero-order valence-corrected chi connectivity index (χ0v) is 15.2. The number of amides is 1. The number of aromatic nitrogens is 1. The number of fused-ring (bicyclic) bond motifs is 1. The minimum Gasteiger partial charge on any atom is -0.314 e. The molecule has 2 aliphatic rings. The summed E-state index contributed by atoms with van der Waals surface area (Å²) >= 11 is 3.12. The number of nitrogens with zero attached hydrogens (tertiary/aromatic N) is 2. The number of carbonyl (C=O) groups is 1. The Morgan fingerprint density at radius 3 is 2.88 bits per heavy atom. The Balaban J connectivity index is 0.00000169. The summed E-state index contributed by atoms with van der Waals surface area (Å²) < 4.78 is 4.24. The van der Waals surface area contributed by atoms with Crippen molar-refractivity contribution in [3.63, 3.8) is 0 Å². The second kappa shape index (κ2) is 7.23. The molecule has 0 aliphatic carbocycles. The van der Waals surface area contributed by atoms with Crippen LogP contribution in [0.1, 0.15) is 15.2 Å². The van der Waals surface area contributed by atoms with E-state index in [4.69, 9.17) is 4.99 Å². The lowest BCUT2D eigenvalue weighted by Gasteiger charge is -2.34. The molecular weight excluding hydrogens is 364 g/mol. The van der Waals surface area contributed by atoms with Gasteiger partial charge in [-0.05, 0) is 29.7 Å². The fraction of sp³-hybridized carbons (Fsp3) is 0.312. The van der Waals surface area contributed by atoms with Crippen LogP contribution >= 0.6 is 35.7 Å². The topological polar surface area (TPSA) is 66.4 Å². The molecule has 0 radical (unpaired) electrons. The molecule has 0 saturated carbocycles. The van der Waals surface area contributed by atoms with Crippen molar-refractivity contribution in [1.82, 2.24) is 15.0 Å². The summed E-state index contributed by atoms with van der Waals surface area (Å²) in [6.45, 7) is 1.75. The van der Waals surface area contributed by atoms with Gasteiger partial charge in [-0.2, -0.15) is 0 Å². The van der Waals surface area contributed by atoms with Crippen molar-refractivity contribution < 1.29 is 4.79 Å². The highest BCUT2D eigenvalue weighted by molar-refractivity contribution is 8.13. The summed E-state index contributed by atoms with van der Waals surface area (Å²) in [6, 6.07) is 11.3. The van der Waals surface area contributed by atoms with Gasteiger partial charge in [-0.25, -0.2) is 9.37 Å². The zero-order valence-electron chi connectivity index (χ0n) is 12.8. The molecule has 1 amide bonds. The fourth-order valence-electron chi connectivity index (χ4n) is 3.08. The second-order valence-electron chi connectivity index (χ2n) is 5.68. The van der Waals surface area contributed by atoms with E-state index < -0.39 is 0 Å². The van der Waals surface area contributed by atoms with Crippen LogP contribution in [-0.2, 0) is 5.54 Å². The molecule has 8 heteroatoms. The second-order valence-corrected chi connectivity index (χ2v) is 7.52. The van der Waals surface area contributed by atoms with Crippen LogP contribution in [0.3, 0.4) is 0 Å². The maximum atomic E-state index is 12.4. The third kappa shape index (κ3) is 3.09. The Morgan fingerprint density at radius 2 is 2.12 bits per heavy atom. The van der Waals surface area contributed by atoms with Crippen LogP contribution in [-0.4, -0.2) is 34.3 Å². The van der Waals surface area contributed by atoms with Gasteiger partial charge in [0.05, 0.1) is 4.88 Å². The summed E-state index contributed by atoms with van der Waals surface area (Å²) in [5.74, 6) is 1.27. The van der Waals surface area contributed by atoms with Crippen LogP contribution in [0.15, 0.2) is 47.6 Å². The molecule has 1 aromatic heterocycles. The van der Waals surface area contributed by atoms with Crippen LogP contribution in [0, 0.1) is 5.92 Å². The number of thioether (sulfide) groups is 1. The van der Waals surface area contributed by atoms with Gasteiger partial charge in [-0.3, -0.25) is 4.79 Å². The Morgan fingerprint density at radius 1 is 1.29 bits per heavy atom. The first-order chi connectivity index (χ1) is 11.3. The molecule has 2 atom stereocenters. The Labute approximate surface area is 154 Å². The molecule has 0 bridgehead atoms. The van der Waals surface area contributed by atoms with Crippen LogP contribution in [0.4, 0.5) is 0 Å². The number of carbonyl (C=O) groups excluding carboxylic acids is 1. The zero-order chi connectivity index (χ0) is 15.7. The van der Waals surface area contributed by atoms with E-state index in [0.29, 0.717) is 16.6 Å². The number of rotatable bonds is 2. The summed E-state index contributed by atoms with van der Waals surface area (Å²) in [5.41, 5.74) is 0.362. The predicted molar refractivity (Wildman–Crippen MR) is 101 cm³/mol. The first-order valence-electron chi connectivity index (χ1n) is 7.49. The number of hydrogen-bond donors (Lipinski definition) is 2. The van der Waals surface area contributed by atoms with Crippen molar-refractivity contribution in [2.24, 2.45) is 10.9 Å². The SMILES string of the molecule is Cl.O=C(NC1=NC2(c3ccns3)CNCC2CS1)c1ccccc1. The quantitative estimate of drug-likeness (QED) is 0.840. The highest BCUT2D eigenvalue weighted by Gasteiger charge is 2.48. The molecule has 2 N–H and O–H groups in total. The fourth-order valence-corrected chi connectivity index (χ4v) is 5.02. The third-order valence-electron chi connectivity index (χ3n) is 4.30. The van der Waals surface area contributed by atoms with Crippen LogP contribution in [0.5, 0.6) is 0 Å². The smallest absolute Gasteiger partial charge is 0.257 e. The molecule has 126 valence electrons. The summed E-state index contributed by atoms with van der Waals surface area (Å²) in [5, 5.41) is 7.11. The number of benzene rings is 1. The third-order valence-corrected chi connectivity index (χ3v) is 6.25. The lowest BCUT2D eigenvalue weighted by atomic mass is 9.87. The van der Waals surface area contributed by atoms with E-state index >= 15 is 0 Å². The van der Waals surface area contributed by atoms with Crippen LogP contribution in [0.2, 0.25) is 0 Å². The van der Waals surface area contributed by atoms with Crippen LogP contribution in [0.25, 0.3) is 0 Å². The molecule has 2 unspecified atom stereocenters. The van der Waals surface area contributed by atoms with E-state index in [2.05, 4.69) is 15.0 Å². The van der Waals surface area contributed by atoms with Gasteiger partial charge in [0.15, 0.2) is 5.17 Å². The Bertz CT molecular complexity index is 738. The van der Waals surface area contributed by atoms with Gasteiger partial charge in [0, 0.05) is 36.5 Å². The number of hydrogen-bond acceptors (Lipinski definition) is 6. The normalized spacial score (nSPS) is 25.3. The minimum atomic E-state index is -0.286. The van der Waals surface area contributed by atoms with Crippen LogP contribution < -0.4 is 10.6 Å². The first-order valence-corrected chi connectivity index (χ1v) is 9.25. The van der Waals surface area contributed by atoms with Gasteiger partial charge >= 0.3 is 0 Å². The summed E-state index contributed by atoms with van der Waals surface area (Å²) in [4.78, 5) is 18.5. The number of nitrogens with one attached hydrogen (secondary N) is 2. The average molecular weight is 381 g/mol. The predicted octanol–water partition coefficient (Wildman–Crippen LogP) is 2.51. The maximum absolute atomic E-state index is 12.4. The number of halogens is 1. The van der Waals surface area contributed by atoms with E-state index in [9.17, 15) is 4.79 Å². The Hall–Kier alpha value is -1.41. The molecular formula is C16H17ClN4OS2. The van der Waals surface area contributed by atoms with Gasteiger partial charge < -0.3 is 10.6 Å². The number of amidine groups is 1. The standard InChI is InChI=1S/C16H16N4OS2.ClH/c21-14(11-4-2-1-3-5-11)19-15-20-16(13-6-7-18-23-13)10-17-8-12(16)9-22-15;/h1-7,12,17H,8-10H2,(H,19,20,21);1H. The van der Waals surface area contributed by atoms with E-state index in [-0.39, 0.29) is 23.9 Å². The molecule has 1 aromatic carbocycles.